The summed E-state index contributed by atoms with van der Waals surface area (Å²) in [6.07, 6.45) is 1.50. The van der Waals surface area contributed by atoms with Gasteiger partial charge in [-0.1, -0.05) is 6.92 Å². The average molecular weight is 195 g/mol. The van der Waals surface area contributed by atoms with E-state index in [1.54, 1.807) is 11.9 Å². The molecule has 0 spiro atoms. The van der Waals surface area contributed by atoms with Gasteiger partial charge in [-0.25, -0.2) is 0 Å². The molecule has 0 fully saturated rings. The Kier molecular flexibility index (Phi) is 3.74. The van der Waals surface area contributed by atoms with E-state index in [1.165, 1.54) is 0 Å². The molecule has 0 aliphatic carbocycles. The van der Waals surface area contributed by atoms with Crippen molar-refractivity contribution < 1.29 is 9.21 Å². The van der Waals surface area contributed by atoms with Crippen LogP contribution in [0.2, 0.25) is 0 Å². The predicted molar refractivity (Wildman–Crippen MR) is 54.8 cm³/mol. The first-order valence-electron chi connectivity index (χ1n) is 4.92. The molecule has 0 bridgehead atoms. The Hall–Kier alpha value is -1.25. The summed E-state index contributed by atoms with van der Waals surface area (Å²) >= 11 is 0. The van der Waals surface area contributed by atoms with E-state index in [1.807, 2.05) is 26.0 Å². The first kappa shape index (κ1) is 10.8. The van der Waals surface area contributed by atoms with Crippen LogP contribution in [-0.4, -0.2) is 17.9 Å². The molecule has 0 unspecified atom stereocenters. The fourth-order valence-corrected chi connectivity index (χ4v) is 1.30. The van der Waals surface area contributed by atoms with Crippen LogP contribution >= 0.6 is 0 Å². The third-order valence-electron chi connectivity index (χ3n) is 2.08. The average Bonchev–Trinajstić information content (AvgIpc) is 2.51. The zero-order valence-electron chi connectivity index (χ0n) is 9.04. The van der Waals surface area contributed by atoms with E-state index in [-0.39, 0.29) is 5.91 Å². The van der Waals surface area contributed by atoms with Crippen LogP contribution in [0.4, 0.5) is 0 Å². The van der Waals surface area contributed by atoms with Gasteiger partial charge in [0.2, 0.25) is 5.91 Å². The van der Waals surface area contributed by atoms with E-state index in [0.29, 0.717) is 13.0 Å². The van der Waals surface area contributed by atoms with Crippen molar-refractivity contribution in [3.8, 4) is 0 Å². The second-order valence-corrected chi connectivity index (χ2v) is 3.51. The molecule has 3 nitrogen and oxygen atoms in total. The summed E-state index contributed by atoms with van der Waals surface area (Å²) in [7, 11) is 1.80. The zero-order chi connectivity index (χ0) is 10.6. The van der Waals surface area contributed by atoms with E-state index in [9.17, 15) is 4.79 Å². The molecule has 0 N–H and O–H groups in total. The summed E-state index contributed by atoms with van der Waals surface area (Å²) in [5.74, 6) is 1.90. The van der Waals surface area contributed by atoms with Crippen LogP contribution in [0.5, 0.6) is 0 Å². The highest BCUT2D eigenvalue weighted by atomic mass is 16.3. The van der Waals surface area contributed by atoms with Gasteiger partial charge in [0.1, 0.15) is 11.5 Å². The second kappa shape index (κ2) is 4.84. The largest absolute Gasteiger partial charge is 0.464 e. The molecular weight excluding hydrogens is 178 g/mol. The van der Waals surface area contributed by atoms with Crippen LogP contribution < -0.4 is 0 Å². The van der Waals surface area contributed by atoms with Crippen molar-refractivity contribution in [3.63, 3.8) is 0 Å². The van der Waals surface area contributed by atoms with Crippen LogP contribution in [0.1, 0.15) is 31.3 Å². The maximum absolute atomic E-state index is 11.4. The van der Waals surface area contributed by atoms with E-state index >= 15 is 0 Å². The smallest absolute Gasteiger partial charge is 0.222 e. The summed E-state index contributed by atoms with van der Waals surface area (Å²) in [5, 5.41) is 0. The lowest BCUT2D eigenvalue weighted by Gasteiger charge is -2.14. The second-order valence-electron chi connectivity index (χ2n) is 3.51. The van der Waals surface area contributed by atoms with Crippen molar-refractivity contribution in [2.45, 2.75) is 33.2 Å². The third kappa shape index (κ3) is 2.91. The first-order valence-corrected chi connectivity index (χ1v) is 4.92. The van der Waals surface area contributed by atoms with Crippen molar-refractivity contribution in [1.82, 2.24) is 4.90 Å². The van der Waals surface area contributed by atoms with Crippen molar-refractivity contribution in [1.29, 1.82) is 0 Å². The molecule has 1 aromatic heterocycles. The molecule has 0 aliphatic heterocycles. The van der Waals surface area contributed by atoms with Crippen LogP contribution in [0.25, 0.3) is 0 Å². The van der Waals surface area contributed by atoms with Crippen molar-refractivity contribution in [3.05, 3.63) is 23.7 Å². The lowest BCUT2D eigenvalue weighted by molar-refractivity contribution is -0.130. The Balaban J connectivity index is 2.48. The lowest BCUT2D eigenvalue weighted by Crippen LogP contribution is -2.25. The highest BCUT2D eigenvalue weighted by Gasteiger charge is 2.09. The number of hydrogen-bond acceptors (Lipinski definition) is 2. The molecule has 1 rings (SSSR count). The van der Waals surface area contributed by atoms with Crippen molar-refractivity contribution in [2.75, 3.05) is 7.05 Å². The van der Waals surface area contributed by atoms with Crippen LogP contribution in [-0.2, 0) is 11.3 Å². The number of amides is 1. The topological polar surface area (TPSA) is 33.5 Å². The molecule has 1 heterocycles. The summed E-state index contributed by atoms with van der Waals surface area (Å²) in [6.45, 7) is 4.47. The van der Waals surface area contributed by atoms with Gasteiger partial charge in [0.05, 0.1) is 6.54 Å². The minimum absolute atomic E-state index is 0.168. The normalized spacial score (nSPS) is 10.2. The maximum atomic E-state index is 11.4. The van der Waals surface area contributed by atoms with Crippen molar-refractivity contribution >= 4 is 5.91 Å². The molecule has 0 atom stereocenters. The number of carbonyl (C=O) groups is 1. The Labute approximate surface area is 84.7 Å². The van der Waals surface area contributed by atoms with Gasteiger partial charge in [-0.15, -0.1) is 0 Å². The fourth-order valence-electron chi connectivity index (χ4n) is 1.30. The zero-order valence-corrected chi connectivity index (χ0v) is 9.04. The molecule has 3 heteroatoms. The van der Waals surface area contributed by atoms with Gasteiger partial charge in [0.15, 0.2) is 0 Å². The minimum atomic E-state index is 0.168. The number of nitrogens with zero attached hydrogens (tertiary/aromatic N) is 1. The molecule has 1 amide bonds. The number of hydrogen-bond donors (Lipinski definition) is 0. The van der Waals surface area contributed by atoms with Gasteiger partial charge in [-0.2, -0.15) is 0 Å². The number of aryl methyl sites for hydroxylation is 1. The summed E-state index contributed by atoms with van der Waals surface area (Å²) < 4.78 is 5.39. The van der Waals surface area contributed by atoms with Gasteiger partial charge >= 0.3 is 0 Å². The molecule has 0 saturated heterocycles. The van der Waals surface area contributed by atoms with E-state index in [2.05, 4.69) is 0 Å². The molecule has 14 heavy (non-hydrogen) atoms. The van der Waals surface area contributed by atoms with Crippen LogP contribution in [0.15, 0.2) is 16.5 Å². The van der Waals surface area contributed by atoms with E-state index in [0.717, 1.165) is 17.9 Å². The van der Waals surface area contributed by atoms with Gasteiger partial charge in [-0.3, -0.25) is 4.79 Å². The first-order chi connectivity index (χ1) is 6.63. The Morgan fingerprint density at radius 3 is 2.71 bits per heavy atom. The van der Waals surface area contributed by atoms with Gasteiger partial charge in [0.25, 0.3) is 0 Å². The van der Waals surface area contributed by atoms with E-state index in [4.69, 9.17) is 4.42 Å². The molecule has 0 aliphatic rings. The van der Waals surface area contributed by atoms with Crippen molar-refractivity contribution in [2.24, 2.45) is 0 Å². The predicted octanol–water partition coefficient (Wildman–Crippen LogP) is 2.35. The fraction of sp³-hybridized carbons (Fsp3) is 0.545. The molecular formula is C11H17NO2. The number of carbonyl (C=O) groups excluding carboxylic acids is 1. The SMILES string of the molecule is CCCC(=O)N(C)Cc1ccc(C)o1. The standard InChI is InChI=1S/C11H17NO2/c1-4-5-11(13)12(3)8-10-7-6-9(2)14-10/h6-7H,4-5,8H2,1-3H3. The van der Waals surface area contributed by atoms with Gasteiger partial charge in [0, 0.05) is 13.5 Å². The number of furan rings is 1. The molecule has 1 aromatic rings. The summed E-state index contributed by atoms with van der Waals surface area (Å²) in [4.78, 5) is 13.1. The quantitative estimate of drug-likeness (QED) is 0.739. The molecule has 0 aromatic carbocycles. The third-order valence-corrected chi connectivity index (χ3v) is 2.08. The minimum Gasteiger partial charge on any atom is -0.464 e. The van der Waals surface area contributed by atoms with Crippen LogP contribution in [0.3, 0.4) is 0 Å². The maximum Gasteiger partial charge on any atom is 0.222 e. The highest BCUT2D eigenvalue weighted by Crippen LogP contribution is 2.09. The Morgan fingerprint density at radius 2 is 2.21 bits per heavy atom. The molecule has 78 valence electrons. The lowest BCUT2D eigenvalue weighted by atomic mass is 10.3. The molecule has 0 radical (unpaired) electrons. The van der Waals surface area contributed by atoms with Gasteiger partial charge in [-0.05, 0) is 25.5 Å². The monoisotopic (exact) mass is 195 g/mol. The Morgan fingerprint density at radius 1 is 1.50 bits per heavy atom. The summed E-state index contributed by atoms with van der Waals surface area (Å²) in [6, 6.07) is 3.82. The highest BCUT2D eigenvalue weighted by molar-refractivity contribution is 5.75. The summed E-state index contributed by atoms with van der Waals surface area (Å²) in [5.41, 5.74) is 0. The van der Waals surface area contributed by atoms with Crippen LogP contribution in [0, 0.1) is 6.92 Å². The van der Waals surface area contributed by atoms with E-state index < -0.39 is 0 Å². The van der Waals surface area contributed by atoms with Gasteiger partial charge < -0.3 is 9.32 Å². The number of rotatable bonds is 4. The molecule has 0 saturated carbocycles. The Bertz CT molecular complexity index is 304.